The summed E-state index contributed by atoms with van der Waals surface area (Å²) < 4.78 is 5.78. The van der Waals surface area contributed by atoms with Crippen molar-refractivity contribution in [1.29, 1.82) is 0 Å². The standard InChI is InChI=1S/C15H28N2O2/c16-9-4-12-19-14-7-10-17(11-8-14)15(18)13-5-2-1-3-6-13/h13-14H,1-12,16H2. The number of amides is 1. The molecule has 1 heterocycles. The number of ether oxygens (including phenoxy) is 1. The molecule has 4 nitrogen and oxygen atoms in total. The van der Waals surface area contributed by atoms with Crippen LogP contribution in [0, 0.1) is 5.92 Å². The second-order valence-electron chi connectivity index (χ2n) is 5.87. The van der Waals surface area contributed by atoms with E-state index in [0.717, 1.165) is 51.8 Å². The van der Waals surface area contributed by atoms with E-state index in [2.05, 4.69) is 4.90 Å². The van der Waals surface area contributed by atoms with Crippen LogP contribution in [0.2, 0.25) is 0 Å². The monoisotopic (exact) mass is 268 g/mol. The molecule has 0 bridgehead atoms. The van der Waals surface area contributed by atoms with Gasteiger partial charge in [0.05, 0.1) is 6.10 Å². The second-order valence-corrected chi connectivity index (χ2v) is 5.87. The fraction of sp³-hybridized carbons (Fsp3) is 0.933. The molecule has 0 radical (unpaired) electrons. The Balaban J connectivity index is 1.68. The number of nitrogens with two attached hydrogens (primary N) is 1. The van der Waals surface area contributed by atoms with E-state index in [1.165, 1.54) is 19.3 Å². The molecule has 0 atom stereocenters. The number of hydrogen-bond donors (Lipinski definition) is 1. The van der Waals surface area contributed by atoms with Crippen LogP contribution in [-0.2, 0) is 9.53 Å². The average Bonchev–Trinajstić information content (AvgIpc) is 2.48. The van der Waals surface area contributed by atoms with Crippen molar-refractivity contribution >= 4 is 5.91 Å². The summed E-state index contributed by atoms with van der Waals surface area (Å²) in [6.07, 6.45) is 9.22. The van der Waals surface area contributed by atoms with E-state index in [9.17, 15) is 4.79 Å². The highest BCUT2D eigenvalue weighted by molar-refractivity contribution is 5.79. The van der Waals surface area contributed by atoms with E-state index in [1.54, 1.807) is 0 Å². The third-order valence-electron chi connectivity index (χ3n) is 4.41. The van der Waals surface area contributed by atoms with Crippen LogP contribution < -0.4 is 5.73 Å². The lowest BCUT2D eigenvalue weighted by atomic mass is 9.88. The van der Waals surface area contributed by atoms with Gasteiger partial charge in [-0.2, -0.15) is 0 Å². The lowest BCUT2D eigenvalue weighted by Crippen LogP contribution is -2.44. The van der Waals surface area contributed by atoms with Crippen molar-refractivity contribution in [1.82, 2.24) is 4.90 Å². The Morgan fingerprint density at radius 2 is 1.79 bits per heavy atom. The van der Waals surface area contributed by atoms with E-state index in [0.29, 0.717) is 24.5 Å². The van der Waals surface area contributed by atoms with Crippen molar-refractivity contribution in [2.75, 3.05) is 26.2 Å². The van der Waals surface area contributed by atoms with Crippen LogP contribution in [0.4, 0.5) is 0 Å². The quantitative estimate of drug-likeness (QED) is 0.775. The summed E-state index contributed by atoms with van der Waals surface area (Å²) in [6.45, 7) is 3.21. The van der Waals surface area contributed by atoms with Gasteiger partial charge in [0.2, 0.25) is 5.91 Å². The molecule has 0 spiro atoms. The van der Waals surface area contributed by atoms with Gasteiger partial charge in [0.15, 0.2) is 0 Å². The number of carbonyl (C=O) groups is 1. The normalized spacial score (nSPS) is 22.7. The number of likely N-dealkylation sites (tertiary alicyclic amines) is 1. The number of carbonyl (C=O) groups excluding carboxylic acids is 1. The van der Waals surface area contributed by atoms with Crippen LogP contribution >= 0.6 is 0 Å². The molecule has 1 amide bonds. The summed E-state index contributed by atoms with van der Waals surface area (Å²) in [7, 11) is 0. The van der Waals surface area contributed by atoms with Crippen molar-refractivity contribution < 1.29 is 9.53 Å². The topological polar surface area (TPSA) is 55.6 Å². The molecule has 110 valence electrons. The molecule has 1 aliphatic carbocycles. The minimum atomic E-state index is 0.309. The third kappa shape index (κ3) is 4.46. The first kappa shape index (κ1) is 14.8. The molecule has 1 aliphatic heterocycles. The predicted molar refractivity (Wildman–Crippen MR) is 75.8 cm³/mol. The minimum Gasteiger partial charge on any atom is -0.378 e. The van der Waals surface area contributed by atoms with Gasteiger partial charge in [-0.05, 0) is 38.6 Å². The summed E-state index contributed by atoms with van der Waals surface area (Å²) in [6, 6.07) is 0. The van der Waals surface area contributed by atoms with Gasteiger partial charge in [-0.1, -0.05) is 19.3 Å². The van der Waals surface area contributed by atoms with Crippen LogP contribution in [-0.4, -0.2) is 43.2 Å². The molecule has 0 aromatic carbocycles. The zero-order chi connectivity index (χ0) is 13.5. The molecule has 19 heavy (non-hydrogen) atoms. The van der Waals surface area contributed by atoms with Crippen molar-refractivity contribution in [3.63, 3.8) is 0 Å². The highest BCUT2D eigenvalue weighted by Crippen LogP contribution is 2.26. The van der Waals surface area contributed by atoms with Crippen LogP contribution in [0.5, 0.6) is 0 Å². The van der Waals surface area contributed by atoms with Crippen LogP contribution in [0.1, 0.15) is 51.4 Å². The highest BCUT2D eigenvalue weighted by atomic mass is 16.5. The molecule has 0 aromatic heterocycles. The molecule has 2 N–H and O–H groups in total. The van der Waals surface area contributed by atoms with E-state index >= 15 is 0 Å². The first-order valence-corrected chi connectivity index (χ1v) is 7.91. The molecule has 0 aromatic rings. The van der Waals surface area contributed by atoms with Gasteiger partial charge in [-0.15, -0.1) is 0 Å². The maximum Gasteiger partial charge on any atom is 0.225 e. The van der Waals surface area contributed by atoms with Crippen LogP contribution in [0.3, 0.4) is 0 Å². The fourth-order valence-electron chi connectivity index (χ4n) is 3.18. The van der Waals surface area contributed by atoms with E-state index in [-0.39, 0.29) is 0 Å². The van der Waals surface area contributed by atoms with Gasteiger partial charge >= 0.3 is 0 Å². The second kappa shape index (κ2) is 7.85. The Morgan fingerprint density at radius 3 is 2.42 bits per heavy atom. The van der Waals surface area contributed by atoms with E-state index in [4.69, 9.17) is 10.5 Å². The smallest absolute Gasteiger partial charge is 0.225 e. The summed E-state index contributed by atoms with van der Waals surface area (Å²) in [5.74, 6) is 0.712. The summed E-state index contributed by atoms with van der Waals surface area (Å²) in [5, 5.41) is 0. The lowest BCUT2D eigenvalue weighted by molar-refractivity contribution is -0.139. The Labute approximate surface area is 116 Å². The zero-order valence-corrected chi connectivity index (χ0v) is 12.0. The molecule has 1 saturated heterocycles. The number of hydrogen-bond acceptors (Lipinski definition) is 3. The molecular formula is C15H28N2O2. The zero-order valence-electron chi connectivity index (χ0n) is 12.0. The molecule has 2 fully saturated rings. The van der Waals surface area contributed by atoms with Crippen molar-refractivity contribution in [2.45, 2.75) is 57.5 Å². The Bertz CT molecular complexity index is 269. The number of rotatable bonds is 5. The summed E-state index contributed by atoms with van der Waals surface area (Å²) >= 11 is 0. The van der Waals surface area contributed by atoms with Gasteiger partial charge in [-0.25, -0.2) is 0 Å². The van der Waals surface area contributed by atoms with Crippen LogP contribution in [0.15, 0.2) is 0 Å². The van der Waals surface area contributed by atoms with Gasteiger partial charge in [0.1, 0.15) is 0 Å². The molecular weight excluding hydrogens is 240 g/mol. The summed E-state index contributed by atoms with van der Waals surface area (Å²) in [5.41, 5.74) is 5.46. The highest BCUT2D eigenvalue weighted by Gasteiger charge is 2.29. The van der Waals surface area contributed by atoms with Gasteiger partial charge in [0, 0.05) is 25.6 Å². The van der Waals surface area contributed by atoms with Crippen molar-refractivity contribution in [3.8, 4) is 0 Å². The van der Waals surface area contributed by atoms with Gasteiger partial charge in [-0.3, -0.25) is 4.79 Å². The number of nitrogens with zero attached hydrogens (tertiary/aromatic N) is 1. The molecule has 0 unspecified atom stereocenters. The Morgan fingerprint density at radius 1 is 1.11 bits per heavy atom. The Hall–Kier alpha value is -0.610. The number of piperidine rings is 1. The molecule has 2 aliphatic rings. The SMILES string of the molecule is NCCCOC1CCN(C(=O)C2CCCCC2)CC1. The lowest BCUT2D eigenvalue weighted by Gasteiger charge is -2.35. The first-order chi connectivity index (χ1) is 9.31. The first-order valence-electron chi connectivity index (χ1n) is 7.91. The van der Waals surface area contributed by atoms with Crippen molar-refractivity contribution in [2.24, 2.45) is 11.7 Å². The predicted octanol–water partition coefficient (Wildman–Crippen LogP) is 1.92. The molecule has 1 saturated carbocycles. The third-order valence-corrected chi connectivity index (χ3v) is 4.41. The largest absolute Gasteiger partial charge is 0.378 e. The fourth-order valence-corrected chi connectivity index (χ4v) is 3.18. The van der Waals surface area contributed by atoms with Crippen molar-refractivity contribution in [3.05, 3.63) is 0 Å². The van der Waals surface area contributed by atoms with Gasteiger partial charge < -0.3 is 15.4 Å². The average molecular weight is 268 g/mol. The molecule has 4 heteroatoms. The minimum absolute atomic E-state index is 0.309. The molecule has 2 rings (SSSR count). The van der Waals surface area contributed by atoms with E-state index in [1.807, 2.05) is 0 Å². The Kier molecular flexibility index (Phi) is 6.11. The van der Waals surface area contributed by atoms with Gasteiger partial charge in [0.25, 0.3) is 0 Å². The maximum absolute atomic E-state index is 12.4. The summed E-state index contributed by atoms with van der Waals surface area (Å²) in [4.78, 5) is 14.5. The van der Waals surface area contributed by atoms with E-state index < -0.39 is 0 Å². The maximum atomic E-state index is 12.4. The van der Waals surface area contributed by atoms with Crippen LogP contribution in [0.25, 0.3) is 0 Å².